The van der Waals surface area contributed by atoms with Crippen molar-refractivity contribution in [3.05, 3.63) is 47.0 Å². The highest BCUT2D eigenvalue weighted by molar-refractivity contribution is 6.45. The second kappa shape index (κ2) is 9.40. The van der Waals surface area contributed by atoms with E-state index in [0.717, 1.165) is 11.1 Å². The third-order valence-electron chi connectivity index (χ3n) is 5.27. The quantitative estimate of drug-likeness (QED) is 0.516. The van der Waals surface area contributed by atoms with Crippen molar-refractivity contribution < 1.29 is 19.7 Å². The number of halogens is 2. The lowest BCUT2D eigenvalue weighted by Gasteiger charge is -2.36. The Morgan fingerprint density at radius 1 is 1.29 bits per heavy atom. The third kappa shape index (κ3) is 4.93. The van der Waals surface area contributed by atoms with Crippen LogP contribution in [0.1, 0.15) is 12.8 Å². The molecule has 2 unspecified atom stereocenters. The summed E-state index contributed by atoms with van der Waals surface area (Å²) in [6.45, 7) is 1.56. The average Bonchev–Trinajstić information content (AvgIpc) is 3.27. The van der Waals surface area contributed by atoms with Crippen LogP contribution in [0.15, 0.2) is 36.9 Å². The molecular formula is C21H22Cl2N4O4. The zero-order chi connectivity index (χ0) is 22.0. The van der Waals surface area contributed by atoms with Crippen LogP contribution in [-0.2, 0) is 9.53 Å². The largest absolute Gasteiger partial charge is 0.481 e. The number of carboxylic acids is 1. The maximum Gasteiger partial charge on any atom is 0.305 e. The van der Waals surface area contributed by atoms with Crippen LogP contribution in [0.2, 0.25) is 10.0 Å². The first-order chi connectivity index (χ1) is 14.9. The molecule has 1 aromatic carbocycles. The number of hydrogen-bond donors (Lipinski definition) is 2. The van der Waals surface area contributed by atoms with E-state index in [2.05, 4.69) is 4.98 Å². The van der Waals surface area contributed by atoms with Gasteiger partial charge in [-0.15, -0.1) is 0 Å². The number of aliphatic hydroxyl groups excluding tert-OH is 1. The molecule has 1 aliphatic rings. The van der Waals surface area contributed by atoms with E-state index in [1.807, 2.05) is 27.8 Å². The molecule has 0 radical (unpaired) electrons. The molecule has 0 saturated carbocycles. The Morgan fingerprint density at radius 2 is 2.13 bits per heavy atom. The zero-order valence-corrected chi connectivity index (χ0v) is 18.1. The molecule has 2 aromatic heterocycles. The summed E-state index contributed by atoms with van der Waals surface area (Å²) in [5.74, 6) is -0.190. The van der Waals surface area contributed by atoms with Crippen LogP contribution in [0, 0.1) is 5.92 Å². The highest BCUT2D eigenvalue weighted by Gasteiger charge is 2.28. The summed E-state index contributed by atoms with van der Waals surface area (Å²) in [7, 11) is 0. The average molecular weight is 465 g/mol. The van der Waals surface area contributed by atoms with Crippen molar-refractivity contribution in [1.82, 2.24) is 14.5 Å². The smallest absolute Gasteiger partial charge is 0.305 e. The summed E-state index contributed by atoms with van der Waals surface area (Å²) in [6, 6.07) is 5.55. The summed E-state index contributed by atoms with van der Waals surface area (Å²) in [5, 5.41) is 20.8. The minimum atomic E-state index is -0.895. The lowest BCUT2D eigenvalue weighted by Crippen LogP contribution is -2.45. The first-order valence-corrected chi connectivity index (χ1v) is 10.7. The molecule has 0 amide bonds. The van der Waals surface area contributed by atoms with E-state index in [1.165, 1.54) is 0 Å². The van der Waals surface area contributed by atoms with Gasteiger partial charge < -0.3 is 24.4 Å². The van der Waals surface area contributed by atoms with Crippen molar-refractivity contribution in [2.45, 2.75) is 18.9 Å². The van der Waals surface area contributed by atoms with E-state index in [1.54, 1.807) is 18.6 Å². The SMILES string of the molecule is O=C(O)CCOCC1CC(O)CN(c2cc(-n3ccnc3)c3ccc(Cl)c(Cl)c3n2)C1. The van der Waals surface area contributed by atoms with Gasteiger partial charge in [0, 0.05) is 42.9 Å². The second-order valence-electron chi connectivity index (χ2n) is 7.61. The summed E-state index contributed by atoms with van der Waals surface area (Å²) >= 11 is 12.7. The van der Waals surface area contributed by atoms with Crippen LogP contribution < -0.4 is 4.90 Å². The van der Waals surface area contributed by atoms with Crippen molar-refractivity contribution in [3.63, 3.8) is 0 Å². The van der Waals surface area contributed by atoms with Gasteiger partial charge in [0.05, 0.1) is 53.3 Å². The highest BCUT2D eigenvalue weighted by Crippen LogP contribution is 2.35. The van der Waals surface area contributed by atoms with Gasteiger partial charge in [0.2, 0.25) is 0 Å². The predicted molar refractivity (Wildman–Crippen MR) is 118 cm³/mol. The minimum absolute atomic E-state index is 0.0429. The number of benzene rings is 1. The van der Waals surface area contributed by atoms with Crippen molar-refractivity contribution in [2.24, 2.45) is 5.92 Å². The number of anilines is 1. The Bertz CT molecular complexity index is 1080. The van der Waals surface area contributed by atoms with Gasteiger partial charge in [0.25, 0.3) is 0 Å². The van der Waals surface area contributed by atoms with Crippen LogP contribution in [0.5, 0.6) is 0 Å². The van der Waals surface area contributed by atoms with Gasteiger partial charge in [-0.2, -0.15) is 0 Å². The Hall–Kier alpha value is -2.39. The second-order valence-corrected chi connectivity index (χ2v) is 8.39. The normalized spacial score (nSPS) is 19.1. The molecule has 4 rings (SSSR count). The number of carboxylic acid groups (broad SMARTS) is 1. The molecular weight excluding hydrogens is 443 g/mol. The number of carbonyl (C=O) groups is 1. The number of hydrogen-bond acceptors (Lipinski definition) is 6. The van der Waals surface area contributed by atoms with Crippen molar-refractivity contribution in [3.8, 4) is 5.69 Å². The van der Waals surface area contributed by atoms with Crippen LogP contribution in [0.25, 0.3) is 16.6 Å². The first kappa shape index (κ1) is 21.8. The Balaban J connectivity index is 1.65. The monoisotopic (exact) mass is 464 g/mol. The number of aromatic nitrogens is 3. The van der Waals surface area contributed by atoms with Crippen LogP contribution in [0.3, 0.4) is 0 Å². The van der Waals surface area contributed by atoms with Gasteiger partial charge >= 0.3 is 5.97 Å². The topological polar surface area (TPSA) is 101 Å². The van der Waals surface area contributed by atoms with E-state index in [4.69, 9.17) is 38.0 Å². The number of pyridine rings is 1. The molecule has 1 saturated heterocycles. The molecule has 3 heterocycles. The molecule has 0 bridgehead atoms. The van der Waals surface area contributed by atoms with Crippen LogP contribution in [0.4, 0.5) is 5.82 Å². The molecule has 2 atom stereocenters. The third-order valence-corrected chi connectivity index (χ3v) is 6.07. The van der Waals surface area contributed by atoms with E-state index in [0.29, 0.717) is 47.5 Å². The molecule has 1 aliphatic heterocycles. The zero-order valence-electron chi connectivity index (χ0n) is 16.6. The number of imidazole rings is 1. The number of rotatable bonds is 7. The molecule has 0 spiro atoms. The van der Waals surface area contributed by atoms with Gasteiger partial charge in [-0.05, 0) is 18.6 Å². The fourth-order valence-electron chi connectivity index (χ4n) is 3.87. The number of fused-ring (bicyclic) bond motifs is 1. The highest BCUT2D eigenvalue weighted by atomic mass is 35.5. The molecule has 8 nitrogen and oxygen atoms in total. The number of aliphatic carboxylic acids is 1. The molecule has 2 N–H and O–H groups in total. The molecule has 164 valence electrons. The summed E-state index contributed by atoms with van der Waals surface area (Å²) in [4.78, 5) is 21.6. The standard InChI is InChI=1S/C21H22Cl2N4O4/c22-16-2-1-15-17(26-5-4-24-12-26)8-18(25-21(15)20(16)23)27-9-13(7-14(28)10-27)11-31-6-3-19(29)30/h1-2,4-5,8,12-14,28H,3,6-7,9-11H2,(H,29,30). The maximum atomic E-state index is 10.7. The number of aliphatic hydroxyl groups is 1. The number of ether oxygens (including phenoxy) is 1. The van der Waals surface area contributed by atoms with E-state index in [-0.39, 0.29) is 18.9 Å². The van der Waals surface area contributed by atoms with Gasteiger partial charge in [0.1, 0.15) is 5.82 Å². The van der Waals surface area contributed by atoms with Gasteiger partial charge in [0.15, 0.2) is 0 Å². The van der Waals surface area contributed by atoms with Crippen LogP contribution in [-0.4, -0.2) is 63.1 Å². The molecule has 1 fully saturated rings. The lowest BCUT2D eigenvalue weighted by atomic mass is 9.96. The van der Waals surface area contributed by atoms with Crippen molar-refractivity contribution in [1.29, 1.82) is 0 Å². The lowest BCUT2D eigenvalue weighted by molar-refractivity contribution is -0.138. The molecule has 0 aliphatic carbocycles. The molecule has 3 aromatic rings. The maximum absolute atomic E-state index is 10.7. The number of piperidine rings is 1. The first-order valence-electron chi connectivity index (χ1n) is 9.92. The van der Waals surface area contributed by atoms with Crippen molar-refractivity contribution in [2.75, 3.05) is 31.2 Å². The van der Waals surface area contributed by atoms with E-state index in [9.17, 15) is 9.90 Å². The minimum Gasteiger partial charge on any atom is -0.481 e. The van der Waals surface area contributed by atoms with Crippen molar-refractivity contribution >= 4 is 45.9 Å². The fraction of sp³-hybridized carbons (Fsp3) is 0.381. The Labute approximate surface area is 189 Å². The summed E-state index contributed by atoms with van der Waals surface area (Å²) in [6.07, 6.45) is 5.22. The number of nitrogens with zero attached hydrogens (tertiary/aromatic N) is 4. The van der Waals surface area contributed by atoms with Gasteiger partial charge in [-0.3, -0.25) is 4.79 Å². The Kier molecular flexibility index (Phi) is 6.62. The predicted octanol–water partition coefficient (Wildman–Crippen LogP) is 3.41. The fourth-order valence-corrected chi connectivity index (χ4v) is 4.23. The van der Waals surface area contributed by atoms with E-state index < -0.39 is 12.1 Å². The summed E-state index contributed by atoms with van der Waals surface area (Å²) in [5.41, 5.74) is 1.43. The Morgan fingerprint density at radius 3 is 2.87 bits per heavy atom. The number of β-amino-alcohol motifs (C(OH)–C–C–N with tert-alkyl or cyclic N) is 1. The molecule has 10 heteroatoms. The van der Waals surface area contributed by atoms with Crippen LogP contribution >= 0.6 is 23.2 Å². The van der Waals surface area contributed by atoms with E-state index >= 15 is 0 Å². The van der Waals surface area contributed by atoms with Gasteiger partial charge in [-0.25, -0.2) is 9.97 Å². The summed E-state index contributed by atoms with van der Waals surface area (Å²) < 4.78 is 7.39. The van der Waals surface area contributed by atoms with Gasteiger partial charge in [-0.1, -0.05) is 23.2 Å². The molecule has 31 heavy (non-hydrogen) atoms.